The first-order chi connectivity index (χ1) is 9.04. The van der Waals surface area contributed by atoms with Gasteiger partial charge in [0.25, 0.3) is 0 Å². The van der Waals surface area contributed by atoms with Crippen LogP contribution in [0.1, 0.15) is 39.5 Å². The van der Waals surface area contributed by atoms with Crippen molar-refractivity contribution in [3.8, 4) is 0 Å². The quantitative estimate of drug-likeness (QED) is 0.813. The first kappa shape index (κ1) is 14.3. The van der Waals surface area contributed by atoms with Gasteiger partial charge in [0.05, 0.1) is 5.92 Å². The lowest BCUT2D eigenvalue weighted by molar-refractivity contribution is -0.142. The van der Waals surface area contributed by atoms with Crippen LogP contribution in [0.4, 0.5) is 0 Å². The van der Waals surface area contributed by atoms with E-state index in [2.05, 4.69) is 4.90 Å². The van der Waals surface area contributed by atoms with Crippen LogP contribution in [0, 0.1) is 5.92 Å². The van der Waals surface area contributed by atoms with E-state index in [4.69, 9.17) is 5.11 Å². The van der Waals surface area contributed by atoms with E-state index in [1.165, 1.54) is 6.42 Å². The van der Waals surface area contributed by atoms with Crippen LogP contribution in [0.15, 0.2) is 0 Å². The summed E-state index contributed by atoms with van der Waals surface area (Å²) >= 11 is 0. The molecular formula is C14H24N2O3. The second kappa shape index (κ2) is 5.90. The van der Waals surface area contributed by atoms with Crippen molar-refractivity contribution in [1.82, 2.24) is 9.80 Å². The van der Waals surface area contributed by atoms with Crippen LogP contribution in [0.25, 0.3) is 0 Å². The minimum absolute atomic E-state index is 0.208. The number of rotatable bonds is 5. The Morgan fingerprint density at radius 1 is 1.53 bits per heavy atom. The predicted molar refractivity (Wildman–Crippen MR) is 71.8 cm³/mol. The Bertz CT molecular complexity index is 359. The first-order valence-electron chi connectivity index (χ1n) is 7.31. The van der Waals surface area contributed by atoms with Crippen LogP contribution in [0.2, 0.25) is 0 Å². The van der Waals surface area contributed by atoms with Crippen molar-refractivity contribution in [2.75, 3.05) is 19.6 Å². The summed E-state index contributed by atoms with van der Waals surface area (Å²) in [5.41, 5.74) is 0. The third-order valence-corrected chi connectivity index (χ3v) is 4.50. The first-order valence-corrected chi connectivity index (χ1v) is 7.31. The monoisotopic (exact) mass is 268 g/mol. The average molecular weight is 268 g/mol. The van der Waals surface area contributed by atoms with Crippen molar-refractivity contribution in [2.45, 2.75) is 51.6 Å². The number of hydrogen-bond acceptors (Lipinski definition) is 3. The maximum atomic E-state index is 12.0. The Morgan fingerprint density at radius 2 is 2.26 bits per heavy atom. The maximum Gasteiger partial charge on any atom is 0.307 e. The molecule has 2 rings (SSSR count). The van der Waals surface area contributed by atoms with E-state index in [1.54, 1.807) is 6.92 Å². The molecule has 0 saturated carbocycles. The van der Waals surface area contributed by atoms with Crippen molar-refractivity contribution in [3.63, 3.8) is 0 Å². The lowest BCUT2D eigenvalue weighted by Crippen LogP contribution is -2.49. The molecule has 108 valence electrons. The summed E-state index contributed by atoms with van der Waals surface area (Å²) in [7, 11) is 0. The number of hydrogen-bond donors (Lipinski definition) is 1. The molecule has 5 nitrogen and oxygen atoms in total. The summed E-state index contributed by atoms with van der Waals surface area (Å²) in [6.45, 7) is 6.00. The molecule has 5 heteroatoms. The summed E-state index contributed by atoms with van der Waals surface area (Å²) in [5, 5.41) is 9.05. The number of carbonyl (C=O) groups excluding carboxylic acids is 1. The standard InChI is InChI=1S/C14H24N2O3/c1-3-15(9-10(2)14(18)19)12-8-13(17)16-7-5-4-6-11(12)16/h10-12H,3-9H2,1-2H3,(H,18,19). The van der Waals surface area contributed by atoms with Gasteiger partial charge in [0.15, 0.2) is 0 Å². The van der Waals surface area contributed by atoms with Crippen molar-refractivity contribution in [1.29, 1.82) is 0 Å². The number of carboxylic acids is 1. The molecule has 3 atom stereocenters. The van der Waals surface area contributed by atoms with Gasteiger partial charge in [0, 0.05) is 31.6 Å². The molecule has 0 spiro atoms. The van der Waals surface area contributed by atoms with Gasteiger partial charge in [-0.3, -0.25) is 14.5 Å². The number of carbonyl (C=O) groups is 2. The summed E-state index contributed by atoms with van der Waals surface area (Å²) in [6.07, 6.45) is 3.91. The smallest absolute Gasteiger partial charge is 0.307 e. The van der Waals surface area contributed by atoms with E-state index < -0.39 is 5.97 Å². The molecule has 0 bridgehead atoms. The van der Waals surface area contributed by atoms with Gasteiger partial charge >= 0.3 is 5.97 Å². The number of nitrogens with zero attached hydrogens (tertiary/aromatic N) is 2. The van der Waals surface area contributed by atoms with Gasteiger partial charge in [-0.1, -0.05) is 13.8 Å². The van der Waals surface area contributed by atoms with Crippen LogP contribution in [0.3, 0.4) is 0 Å². The van der Waals surface area contributed by atoms with Gasteiger partial charge < -0.3 is 10.0 Å². The molecule has 0 radical (unpaired) electrons. The topological polar surface area (TPSA) is 60.9 Å². The Morgan fingerprint density at radius 3 is 2.89 bits per heavy atom. The fraction of sp³-hybridized carbons (Fsp3) is 0.857. The van der Waals surface area contributed by atoms with Gasteiger partial charge in [-0.15, -0.1) is 0 Å². The van der Waals surface area contributed by atoms with Gasteiger partial charge in [0.2, 0.25) is 5.91 Å². The zero-order chi connectivity index (χ0) is 14.0. The molecule has 0 aromatic heterocycles. The number of likely N-dealkylation sites (N-methyl/N-ethyl adjacent to an activating group) is 1. The summed E-state index contributed by atoms with van der Waals surface area (Å²) in [6, 6.07) is 0.516. The molecule has 0 aromatic rings. The number of amides is 1. The SMILES string of the molecule is CCN(CC(C)C(=O)O)C1CC(=O)N2CCCCC12. The summed E-state index contributed by atoms with van der Waals surface area (Å²) in [4.78, 5) is 27.3. The van der Waals surface area contributed by atoms with Crippen molar-refractivity contribution in [2.24, 2.45) is 5.92 Å². The molecule has 0 aliphatic carbocycles. The Hall–Kier alpha value is -1.10. The van der Waals surface area contributed by atoms with Gasteiger partial charge in [0.1, 0.15) is 0 Å². The predicted octanol–water partition coefficient (Wildman–Crippen LogP) is 1.18. The normalized spacial score (nSPS) is 28.6. The summed E-state index contributed by atoms with van der Waals surface area (Å²) in [5.74, 6) is -0.896. The van der Waals surface area contributed by atoms with Crippen LogP contribution < -0.4 is 0 Å². The van der Waals surface area contributed by atoms with E-state index in [1.807, 2.05) is 11.8 Å². The third kappa shape index (κ3) is 2.91. The second-order valence-electron chi connectivity index (χ2n) is 5.75. The molecule has 2 saturated heterocycles. The van der Waals surface area contributed by atoms with Crippen LogP contribution >= 0.6 is 0 Å². The molecule has 19 heavy (non-hydrogen) atoms. The fourth-order valence-corrected chi connectivity index (χ4v) is 3.40. The van der Waals surface area contributed by atoms with Gasteiger partial charge in [-0.25, -0.2) is 0 Å². The Labute approximate surface area is 114 Å². The van der Waals surface area contributed by atoms with Gasteiger partial charge in [-0.2, -0.15) is 0 Å². The highest BCUT2D eigenvalue weighted by Crippen LogP contribution is 2.31. The maximum absolute atomic E-state index is 12.0. The number of fused-ring (bicyclic) bond motifs is 1. The second-order valence-corrected chi connectivity index (χ2v) is 5.75. The van der Waals surface area contributed by atoms with Crippen LogP contribution in [0.5, 0.6) is 0 Å². The lowest BCUT2D eigenvalue weighted by atomic mass is 9.97. The minimum atomic E-state index is -0.761. The molecule has 2 heterocycles. The number of piperidine rings is 1. The number of carboxylic acid groups (broad SMARTS) is 1. The lowest BCUT2D eigenvalue weighted by Gasteiger charge is -2.37. The Balaban J connectivity index is 2.05. The highest BCUT2D eigenvalue weighted by Gasteiger charge is 2.43. The summed E-state index contributed by atoms with van der Waals surface area (Å²) < 4.78 is 0. The van der Waals surface area contributed by atoms with Crippen LogP contribution in [-0.2, 0) is 9.59 Å². The fourth-order valence-electron chi connectivity index (χ4n) is 3.40. The largest absolute Gasteiger partial charge is 0.481 e. The van der Waals surface area contributed by atoms with E-state index in [0.29, 0.717) is 19.0 Å². The molecular weight excluding hydrogens is 244 g/mol. The van der Waals surface area contributed by atoms with Crippen molar-refractivity contribution >= 4 is 11.9 Å². The molecule has 1 N–H and O–H groups in total. The highest BCUT2D eigenvalue weighted by molar-refractivity contribution is 5.80. The molecule has 2 fully saturated rings. The zero-order valence-electron chi connectivity index (χ0n) is 11.8. The van der Waals surface area contributed by atoms with Crippen molar-refractivity contribution in [3.05, 3.63) is 0 Å². The van der Waals surface area contributed by atoms with E-state index >= 15 is 0 Å². The molecule has 2 aliphatic heterocycles. The molecule has 3 unspecified atom stereocenters. The third-order valence-electron chi connectivity index (χ3n) is 4.50. The van der Waals surface area contributed by atoms with Crippen molar-refractivity contribution < 1.29 is 14.7 Å². The van der Waals surface area contributed by atoms with Crippen LogP contribution in [-0.4, -0.2) is 58.5 Å². The average Bonchev–Trinajstić information content (AvgIpc) is 2.73. The van der Waals surface area contributed by atoms with E-state index in [-0.39, 0.29) is 17.9 Å². The highest BCUT2D eigenvalue weighted by atomic mass is 16.4. The Kier molecular flexibility index (Phi) is 4.45. The minimum Gasteiger partial charge on any atom is -0.481 e. The number of aliphatic carboxylic acids is 1. The zero-order valence-corrected chi connectivity index (χ0v) is 11.8. The molecule has 2 aliphatic rings. The molecule has 0 aromatic carbocycles. The van der Waals surface area contributed by atoms with Gasteiger partial charge in [-0.05, 0) is 25.8 Å². The van der Waals surface area contributed by atoms with E-state index in [0.717, 1.165) is 25.9 Å². The van der Waals surface area contributed by atoms with E-state index in [9.17, 15) is 9.59 Å². The molecule has 1 amide bonds.